The summed E-state index contributed by atoms with van der Waals surface area (Å²) in [6.45, 7) is 6.31. The molecule has 7 heteroatoms. The largest absolute Gasteiger partial charge is 0.444 e. The Hall–Kier alpha value is -2.28. The Balaban J connectivity index is 2.21. The summed E-state index contributed by atoms with van der Waals surface area (Å²) in [7, 11) is 1.60. The summed E-state index contributed by atoms with van der Waals surface area (Å²) in [5, 5.41) is 7.96. The number of hydrogen-bond donors (Lipinski definition) is 3. The summed E-state index contributed by atoms with van der Waals surface area (Å²) in [5.74, 6) is 0. The predicted molar refractivity (Wildman–Crippen MR) is 91.8 cm³/mol. The highest BCUT2D eigenvalue weighted by molar-refractivity contribution is 5.74. The van der Waals surface area contributed by atoms with Gasteiger partial charge in [-0.15, -0.1) is 0 Å². The van der Waals surface area contributed by atoms with Gasteiger partial charge in [-0.05, 0) is 26.3 Å². The van der Waals surface area contributed by atoms with E-state index in [0.29, 0.717) is 13.1 Å². The van der Waals surface area contributed by atoms with Crippen LogP contribution in [0.2, 0.25) is 0 Å². The monoisotopic (exact) mass is 337 g/mol. The molecule has 0 saturated heterocycles. The van der Waals surface area contributed by atoms with Crippen LogP contribution in [0.25, 0.3) is 0 Å². The molecule has 0 aliphatic carbocycles. The molecule has 0 saturated carbocycles. The molecule has 3 amide bonds. The minimum absolute atomic E-state index is 0.211. The van der Waals surface area contributed by atoms with E-state index in [1.807, 2.05) is 30.3 Å². The van der Waals surface area contributed by atoms with Crippen LogP contribution in [0.3, 0.4) is 0 Å². The number of urea groups is 1. The summed E-state index contributed by atoms with van der Waals surface area (Å²) in [4.78, 5) is 23.2. The third-order valence-corrected chi connectivity index (χ3v) is 2.98. The predicted octanol–water partition coefficient (Wildman–Crippen LogP) is 2.20. The maximum absolute atomic E-state index is 11.7. The molecule has 3 N–H and O–H groups in total. The molecular weight excluding hydrogens is 310 g/mol. The van der Waals surface area contributed by atoms with E-state index < -0.39 is 11.7 Å². The topological polar surface area (TPSA) is 88.7 Å². The van der Waals surface area contributed by atoms with E-state index >= 15 is 0 Å². The van der Waals surface area contributed by atoms with Gasteiger partial charge in [-0.25, -0.2) is 9.59 Å². The molecule has 0 fully saturated rings. The van der Waals surface area contributed by atoms with E-state index in [1.165, 1.54) is 0 Å². The number of carbonyl (C=O) groups is 2. The number of amides is 3. The third kappa shape index (κ3) is 8.38. The number of rotatable bonds is 7. The van der Waals surface area contributed by atoms with E-state index in [9.17, 15) is 9.59 Å². The molecule has 0 heterocycles. The number of ether oxygens (including phenoxy) is 2. The maximum atomic E-state index is 11.7. The first-order valence-corrected chi connectivity index (χ1v) is 7.88. The second kappa shape index (κ2) is 9.77. The first-order chi connectivity index (χ1) is 11.3. The Labute approximate surface area is 143 Å². The van der Waals surface area contributed by atoms with E-state index in [4.69, 9.17) is 9.47 Å². The lowest BCUT2D eigenvalue weighted by atomic mass is 10.1. The Morgan fingerprint density at radius 3 is 2.25 bits per heavy atom. The Bertz CT molecular complexity index is 514. The molecule has 0 spiro atoms. The van der Waals surface area contributed by atoms with Crippen LogP contribution in [0.15, 0.2) is 30.3 Å². The molecule has 24 heavy (non-hydrogen) atoms. The fraction of sp³-hybridized carbons (Fsp3) is 0.529. The molecule has 0 radical (unpaired) electrons. The number of alkyl carbamates (subject to hydrolysis) is 1. The second-order valence-corrected chi connectivity index (χ2v) is 6.20. The van der Waals surface area contributed by atoms with Gasteiger partial charge in [0.05, 0.1) is 6.10 Å². The summed E-state index contributed by atoms with van der Waals surface area (Å²) < 4.78 is 10.5. The highest BCUT2D eigenvalue weighted by atomic mass is 16.6. The van der Waals surface area contributed by atoms with Gasteiger partial charge in [0.25, 0.3) is 0 Å². The van der Waals surface area contributed by atoms with Gasteiger partial charge in [-0.2, -0.15) is 0 Å². The van der Waals surface area contributed by atoms with Crippen molar-refractivity contribution in [1.29, 1.82) is 0 Å². The molecule has 0 aliphatic heterocycles. The average molecular weight is 337 g/mol. The SMILES string of the molecule is CO[C@@H](CNC(=O)NCCNC(=O)OC(C)(C)C)c1ccccc1. The van der Waals surface area contributed by atoms with Crippen molar-refractivity contribution in [2.75, 3.05) is 26.7 Å². The second-order valence-electron chi connectivity index (χ2n) is 6.20. The van der Waals surface area contributed by atoms with Crippen LogP contribution in [-0.4, -0.2) is 44.5 Å². The van der Waals surface area contributed by atoms with Crippen molar-refractivity contribution in [2.45, 2.75) is 32.5 Å². The number of benzene rings is 1. The Morgan fingerprint density at radius 1 is 1.04 bits per heavy atom. The van der Waals surface area contributed by atoms with E-state index in [1.54, 1.807) is 27.9 Å². The normalized spacial score (nSPS) is 12.2. The van der Waals surface area contributed by atoms with Crippen molar-refractivity contribution < 1.29 is 19.1 Å². The van der Waals surface area contributed by atoms with Crippen molar-refractivity contribution in [3.05, 3.63) is 35.9 Å². The van der Waals surface area contributed by atoms with Crippen molar-refractivity contribution in [3.63, 3.8) is 0 Å². The van der Waals surface area contributed by atoms with Crippen LogP contribution in [0.5, 0.6) is 0 Å². The number of methoxy groups -OCH3 is 1. The lowest BCUT2D eigenvalue weighted by Crippen LogP contribution is -2.42. The lowest BCUT2D eigenvalue weighted by molar-refractivity contribution is 0.0528. The van der Waals surface area contributed by atoms with Gasteiger partial charge < -0.3 is 25.4 Å². The minimum Gasteiger partial charge on any atom is -0.444 e. The molecule has 0 unspecified atom stereocenters. The quantitative estimate of drug-likeness (QED) is 0.666. The van der Waals surface area contributed by atoms with Gasteiger partial charge >= 0.3 is 12.1 Å². The summed E-state index contributed by atoms with van der Waals surface area (Å²) in [5.41, 5.74) is 0.452. The van der Waals surface area contributed by atoms with E-state index in [0.717, 1.165) is 5.56 Å². The molecule has 1 atom stereocenters. The smallest absolute Gasteiger partial charge is 0.407 e. The van der Waals surface area contributed by atoms with Crippen LogP contribution in [-0.2, 0) is 9.47 Å². The third-order valence-electron chi connectivity index (χ3n) is 2.98. The Kier molecular flexibility index (Phi) is 8.05. The van der Waals surface area contributed by atoms with Crippen molar-refractivity contribution >= 4 is 12.1 Å². The Morgan fingerprint density at radius 2 is 1.67 bits per heavy atom. The number of nitrogens with one attached hydrogen (secondary N) is 3. The zero-order valence-corrected chi connectivity index (χ0v) is 14.7. The number of hydrogen-bond acceptors (Lipinski definition) is 4. The van der Waals surface area contributed by atoms with Crippen molar-refractivity contribution in [1.82, 2.24) is 16.0 Å². The van der Waals surface area contributed by atoms with Gasteiger partial charge in [0.15, 0.2) is 0 Å². The average Bonchev–Trinajstić information content (AvgIpc) is 2.51. The highest BCUT2D eigenvalue weighted by Crippen LogP contribution is 2.14. The van der Waals surface area contributed by atoms with Gasteiger partial charge in [0.1, 0.15) is 5.60 Å². The van der Waals surface area contributed by atoms with Crippen LogP contribution >= 0.6 is 0 Å². The summed E-state index contributed by atoms with van der Waals surface area (Å²) in [6.07, 6.45) is -0.718. The van der Waals surface area contributed by atoms with Gasteiger partial charge in [0, 0.05) is 26.7 Å². The van der Waals surface area contributed by atoms with Crippen LogP contribution < -0.4 is 16.0 Å². The molecule has 1 aromatic rings. The molecule has 134 valence electrons. The highest BCUT2D eigenvalue weighted by Gasteiger charge is 2.15. The molecule has 0 aromatic heterocycles. The molecule has 7 nitrogen and oxygen atoms in total. The van der Waals surface area contributed by atoms with Crippen molar-refractivity contribution in [3.8, 4) is 0 Å². The van der Waals surface area contributed by atoms with Crippen LogP contribution in [0.4, 0.5) is 9.59 Å². The fourth-order valence-corrected chi connectivity index (χ4v) is 1.91. The van der Waals surface area contributed by atoms with Crippen molar-refractivity contribution in [2.24, 2.45) is 0 Å². The minimum atomic E-state index is -0.540. The molecule has 1 aromatic carbocycles. The maximum Gasteiger partial charge on any atom is 0.407 e. The molecule has 1 rings (SSSR count). The zero-order chi connectivity index (χ0) is 18.0. The summed E-state index contributed by atoms with van der Waals surface area (Å²) in [6, 6.07) is 9.33. The molecular formula is C17H27N3O4. The van der Waals surface area contributed by atoms with Gasteiger partial charge in [-0.3, -0.25) is 0 Å². The fourth-order valence-electron chi connectivity index (χ4n) is 1.91. The van der Waals surface area contributed by atoms with E-state index in [-0.39, 0.29) is 18.7 Å². The number of carbonyl (C=O) groups excluding carboxylic acids is 2. The first-order valence-electron chi connectivity index (χ1n) is 7.88. The van der Waals surface area contributed by atoms with Crippen LogP contribution in [0.1, 0.15) is 32.4 Å². The zero-order valence-electron chi connectivity index (χ0n) is 14.7. The molecule has 0 bridgehead atoms. The standard InChI is InChI=1S/C17H27N3O4/c1-17(2,3)24-16(22)19-11-10-18-15(21)20-12-14(23-4)13-8-6-5-7-9-13/h5-9,14H,10-12H2,1-4H3,(H,19,22)(H2,18,20,21)/t14-/m0/s1. The van der Waals surface area contributed by atoms with Gasteiger partial charge in [0.2, 0.25) is 0 Å². The molecule has 0 aliphatic rings. The summed E-state index contributed by atoms with van der Waals surface area (Å²) >= 11 is 0. The van der Waals surface area contributed by atoms with Crippen LogP contribution in [0, 0.1) is 0 Å². The van der Waals surface area contributed by atoms with Gasteiger partial charge in [-0.1, -0.05) is 30.3 Å². The first kappa shape index (κ1) is 19.8. The lowest BCUT2D eigenvalue weighted by Gasteiger charge is -2.20. The van der Waals surface area contributed by atoms with E-state index in [2.05, 4.69) is 16.0 Å².